The van der Waals surface area contributed by atoms with E-state index in [2.05, 4.69) is 21.7 Å². The van der Waals surface area contributed by atoms with Crippen LogP contribution in [0.15, 0.2) is 55.1 Å². The Balaban J connectivity index is 1.95. The summed E-state index contributed by atoms with van der Waals surface area (Å²) in [5.41, 5.74) is 1.67. The van der Waals surface area contributed by atoms with E-state index in [0.717, 1.165) is 6.08 Å². The number of aromatic nitrogens is 3. The van der Waals surface area contributed by atoms with Crippen LogP contribution >= 0.6 is 0 Å². The summed E-state index contributed by atoms with van der Waals surface area (Å²) in [4.78, 5) is 21.6. The van der Waals surface area contributed by atoms with Crippen molar-refractivity contribution in [2.75, 3.05) is 0 Å². The number of phenolic OH excluding ortho intramolecular Hbond substituents is 1. The quantitative estimate of drug-likeness (QED) is 0.451. The summed E-state index contributed by atoms with van der Waals surface area (Å²) < 4.78 is 0. The molecule has 22 heavy (non-hydrogen) atoms. The lowest BCUT2D eigenvalue weighted by Crippen LogP contribution is -2.05. The predicted molar refractivity (Wildman–Crippen MR) is 77.4 cm³/mol. The Morgan fingerprint density at radius 3 is 2.50 bits per heavy atom. The van der Waals surface area contributed by atoms with Gasteiger partial charge in [0.2, 0.25) is 0 Å². The zero-order valence-corrected chi connectivity index (χ0v) is 11.3. The summed E-state index contributed by atoms with van der Waals surface area (Å²) >= 11 is 0. The number of rotatable bonds is 4. The maximum Gasteiger partial charge on any atom is 0.378 e. The smallest absolute Gasteiger partial charge is 0.378 e. The topological polar surface area (TPSA) is 86.5 Å². The zero-order valence-electron chi connectivity index (χ0n) is 11.3. The Morgan fingerprint density at radius 1 is 1.18 bits per heavy atom. The summed E-state index contributed by atoms with van der Waals surface area (Å²) in [6.07, 6.45) is 0.975. The number of hydrogen-bond donors (Lipinski definition) is 1. The predicted octanol–water partition coefficient (Wildman–Crippen LogP) is 2.15. The summed E-state index contributed by atoms with van der Waals surface area (Å²) in [7, 11) is 0. The molecule has 0 aliphatic rings. The summed E-state index contributed by atoms with van der Waals surface area (Å²) in [6.45, 7) is 3.26. The zero-order chi connectivity index (χ0) is 15.5. The van der Waals surface area contributed by atoms with Crippen LogP contribution in [-0.2, 0) is 9.68 Å². The van der Waals surface area contributed by atoms with Gasteiger partial charge in [0, 0.05) is 12.1 Å². The average Bonchev–Trinajstić information content (AvgIpc) is 2.97. The van der Waals surface area contributed by atoms with Crippen LogP contribution in [0.1, 0.15) is 0 Å². The Labute approximate surface area is 124 Å². The number of phenols is 1. The van der Waals surface area contributed by atoms with Gasteiger partial charge >= 0.3 is 5.97 Å². The molecule has 3 aromatic rings. The van der Waals surface area contributed by atoms with Crippen molar-refractivity contribution in [3.05, 3.63) is 55.1 Å². The Hall–Kier alpha value is -3.35. The minimum atomic E-state index is -0.724. The number of fused-ring (bicyclic) bond motifs is 1. The highest BCUT2D eigenvalue weighted by Gasteiger charge is 2.11. The lowest BCUT2D eigenvalue weighted by molar-refractivity contribution is -0.207. The van der Waals surface area contributed by atoms with E-state index in [1.54, 1.807) is 0 Å². The minimum absolute atomic E-state index is 0.0392. The second-order valence-electron chi connectivity index (χ2n) is 4.32. The highest BCUT2D eigenvalue weighted by molar-refractivity contribution is 5.80. The van der Waals surface area contributed by atoms with E-state index in [9.17, 15) is 9.90 Å². The van der Waals surface area contributed by atoms with Crippen molar-refractivity contribution in [2.45, 2.75) is 0 Å². The van der Waals surface area contributed by atoms with Crippen molar-refractivity contribution in [1.82, 2.24) is 15.0 Å². The molecule has 0 aliphatic carbocycles. The molecule has 1 heterocycles. The fourth-order valence-corrected chi connectivity index (χ4v) is 1.81. The van der Waals surface area contributed by atoms with Crippen LogP contribution in [0, 0.1) is 0 Å². The molecule has 0 saturated heterocycles. The third-order valence-corrected chi connectivity index (χ3v) is 2.84. The van der Waals surface area contributed by atoms with Gasteiger partial charge in [-0.15, -0.1) is 15.0 Å². The molecule has 110 valence electrons. The number of aromatic hydroxyl groups is 1. The molecule has 1 aromatic heterocycles. The third-order valence-electron chi connectivity index (χ3n) is 2.84. The lowest BCUT2D eigenvalue weighted by atomic mass is 10.3. The SMILES string of the molecule is C=CC(=O)OOc1ccc(O)c(-n2nc3ccccc3n2)c1. The summed E-state index contributed by atoms with van der Waals surface area (Å²) in [5, 5.41) is 18.5. The highest BCUT2D eigenvalue weighted by Crippen LogP contribution is 2.26. The van der Waals surface area contributed by atoms with Gasteiger partial charge in [0.15, 0.2) is 5.75 Å². The fraction of sp³-hybridized carbons (Fsp3) is 0. The first-order chi connectivity index (χ1) is 10.7. The van der Waals surface area contributed by atoms with E-state index in [0.29, 0.717) is 16.7 Å². The molecule has 0 saturated carbocycles. The first-order valence-electron chi connectivity index (χ1n) is 6.34. The molecule has 3 rings (SSSR count). The van der Waals surface area contributed by atoms with Crippen LogP contribution in [0.5, 0.6) is 11.5 Å². The van der Waals surface area contributed by atoms with Gasteiger partial charge in [-0.3, -0.25) is 4.89 Å². The molecule has 0 unspecified atom stereocenters. The van der Waals surface area contributed by atoms with E-state index in [4.69, 9.17) is 4.89 Å². The van der Waals surface area contributed by atoms with Crippen molar-refractivity contribution in [1.29, 1.82) is 0 Å². The minimum Gasteiger partial charge on any atom is -0.506 e. The maximum atomic E-state index is 11.0. The fourth-order valence-electron chi connectivity index (χ4n) is 1.81. The Kier molecular flexibility index (Phi) is 3.45. The highest BCUT2D eigenvalue weighted by atomic mass is 17.2. The monoisotopic (exact) mass is 297 g/mol. The van der Waals surface area contributed by atoms with Crippen molar-refractivity contribution < 1.29 is 19.7 Å². The molecule has 1 N–H and O–H groups in total. The molecule has 0 radical (unpaired) electrons. The van der Waals surface area contributed by atoms with Crippen molar-refractivity contribution in [2.24, 2.45) is 0 Å². The van der Waals surface area contributed by atoms with Crippen LogP contribution in [0.3, 0.4) is 0 Å². The van der Waals surface area contributed by atoms with E-state index < -0.39 is 5.97 Å². The molecular formula is C15H11N3O4. The number of hydrogen-bond acceptors (Lipinski definition) is 6. The van der Waals surface area contributed by atoms with E-state index in [1.807, 2.05) is 24.3 Å². The molecule has 0 atom stereocenters. The second-order valence-corrected chi connectivity index (χ2v) is 4.32. The van der Waals surface area contributed by atoms with Gasteiger partial charge in [-0.05, 0) is 24.3 Å². The average molecular weight is 297 g/mol. The maximum absolute atomic E-state index is 11.0. The van der Waals surface area contributed by atoms with E-state index >= 15 is 0 Å². The molecule has 0 fully saturated rings. The summed E-state index contributed by atoms with van der Waals surface area (Å²) in [5.74, 6) is -0.551. The van der Waals surface area contributed by atoms with Crippen LogP contribution in [-0.4, -0.2) is 26.1 Å². The van der Waals surface area contributed by atoms with Gasteiger partial charge in [-0.1, -0.05) is 18.7 Å². The molecule has 2 aromatic carbocycles. The normalized spacial score (nSPS) is 10.4. The largest absolute Gasteiger partial charge is 0.506 e. The number of carbonyl (C=O) groups excluding carboxylic acids is 1. The number of benzene rings is 2. The molecule has 0 amide bonds. The molecule has 0 aliphatic heterocycles. The van der Waals surface area contributed by atoms with Gasteiger partial charge in [0.1, 0.15) is 22.5 Å². The second kappa shape index (κ2) is 5.57. The molecule has 7 heteroatoms. The van der Waals surface area contributed by atoms with E-state index in [1.165, 1.54) is 23.0 Å². The van der Waals surface area contributed by atoms with Gasteiger partial charge in [-0.25, -0.2) is 9.68 Å². The van der Waals surface area contributed by atoms with Gasteiger partial charge in [0.05, 0.1) is 0 Å². The first-order valence-corrected chi connectivity index (χ1v) is 6.34. The lowest BCUT2D eigenvalue weighted by Gasteiger charge is -2.06. The molecular weight excluding hydrogens is 286 g/mol. The van der Waals surface area contributed by atoms with Crippen LogP contribution in [0.2, 0.25) is 0 Å². The molecule has 7 nitrogen and oxygen atoms in total. The molecule has 0 bridgehead atoms. The van der Waals surface area contributed by atoms with Crippen molar-refractivity contribution in [3.63, 3.8) is 0 Å². The Morgan fingerprint density at radius 2 is 1.86 bits per heavy atom. The van der Waals surface area contributed by atoms with Crippen molar-refractivity contribution in [3.8, 4) is 17.2 Å². The summed E-state index contributed by atoms with van der Waals surface area (Å²) in [6, 6.07) is 11.6. The first kappa shape index (κ1) is 13.6. The number of nitrogens with zero attached hydrogens (tertiary/aromatic N) is 3. The number of carbonyl (C=O) groups is 1. The van der Waals surface area contributed by atoms with Crippen LogP contribution < -0.4 is 4.89 Å². The van der Waals surface area contributed by atoms with Gasteiger partial charge in [0.25, 0.3) is 0 Å². The van der Waals surface area contributed by atoms with Crippen molar-refractivity contribution >= 4 is 17.0 Å². The van der Waals surface area contributed by atoms with E-state index in [-0.39, 0.29) is 11.5 Å². The van der Waals surface area contributed by atoms with Gasteiger partial charge < -0.3 is 5.11 Å². The Bertz CT molecular complexity index is 824. The molecule has 0 spiro atoms. The standard InChI is InChI=1S/C15H11N3O4/c1-2-15(20)22-21-10-7-8-14(19)13(9-10)18-16-11-5-3-4-6-12(11)17-18/h2-9,19H,1H2. The third kappa shape index (κ3) is 2.59. The van der Waals surface area contributed by atoms with Crippen LogP contribution in [0.4, 0.5) is 0 Å². The van der Waals surface area contributed by atoms with Gasteiger partial charge in [-0.2, -0.15) is 0 Å². The van der Waals surface area contributed by atoms with Crippen LogP contribution in [0.25, 0.3) is 16.7 Å².